The zero-order valence-electron chi connectivity index (χ0n) is 13.5. The lowest BCUT2D eigenvalue weighted by Gasteiger charge is -2.10. The fourth-order valence-electron chi connectivity index (χ4n) is 3.69. The van der Waals surface area contributed by atoms with Crippen LogP contribution in [-0.4, -0.2) is 0 Å². The fraction of sp³-hybridized carbons (Fsp3) is 0. The van der Waals surface area contributed by atoms with Gasteiger partial charge in [0.1, 0.15) is 0 Å². The van der Waals surface area contributed by atoms with Crippen LogP contribution in [0.15, 0.2) is 95.5 Å². The lowest BCUT2D eigenvalue weighted by Crippen LogP contribution is -1.83. The van der Waals surface area contributed by atoms with Crippen molar-refractivity contribution in [2.75, 3.05) is 0 Å². The van der Waals surface area contributed by atoms with Gasteiger partial charge in [0.15, 0.2) is 0 Å². The summed E-state index contributed by atoms with van der Waals surface area (Å²) in [6.45, 7) is 0. The monoisotopic (exact) mass is 382 g/mol. The Hall–Kier alpha value is -2.64. The van der Waals surface area contributed by atoms with Crippen molar-refractivity contribution < 1.29 is 0 Å². The first kappa shape index (κ1) is 14.7. The van der Waals surface area contributed by atoms with Crippen LogP contribution in [0.25, 0.3) is 43.4 Å². The van der Waals surface area contributed by atoms with E-state index < -0.39 is 0 Å². The first-order chi connectivity index (χ1) is 12.3. The molecule has 0 fully saturated rings. The maximum absolute atomic E-state index is 3.56. The molecule has 5 aromatic carbocycles. The molecule has 1 heteroatoms. The van der Waals surface area contributed by atoms with Gasteiger partial charge >= 0.3 is 0 Å². The van der Waals surface area contributed by atoms with E-state index in [2.05, 4.69) is 107 Å². The highest BCUT2D eigenvalue weighted by molar-refractivity contribution is 9.10. The fourth-order valence-corrected chi connectivity index (χ4v) is 4.07. The number of halogens is 1. The number of benzene rings is 5. The number of fused-ring (bicyclic) bond motifs is 4. The minimum atomic E-state index is 1.12. The summed E-state index contributed by atoms with van der Waals surface area (Å²) in [5, 5.41) is 7.72. The van der Waals surface area contributed by atoms with Crippen LogP contribution in [0.5, 0.6) is 0 Å². The Morgan fingerprint density at radius 1 is 0.480 bits per heavy atom. The van der Waals surface area contributed by atoms with Crippen LogP contribution in [0, 0.1) is 0 Å². The lowest BCUT2D eigenvalue weighted by atomic mass is 9.94. The molecule has 0 heterocycles. The molecule has 0 atom stereocenters. The maximum Gasteiger partial charge on any atom is 0.0181 e. The molecule has 0 bridgehead atoms. The predicted molar refractivity (Wildman–Crippen MR) is 112 cm³/mol. The minimum absolute atomic E-state index is 1.12. The molecule has 0 aliphatic carbocycles. The van der Waals surface area contributed by atoms with Gasteiger partial charge in [0.2, 0.25) is 0 Å². The molecule has 5 rings (SSSR count). The van der Waals surface area contributed by atoms with Gasteiger partial charge in [-0.3, -0.25) is 0 Å². The molecular weight excluding hydrogens is 368 g/mol. The zero-order chi connectivity index (χ0) is 16.8. The summed E-state index contributed by atoms with van der Waals surface area (Å²) in [4.78, 5) is 0. The second-order valence-electron chi connectivity index (χ2n) is 6.39. The van der Waals surface area contributed by atoms with Crippen LogP contribution >= 0.6 is 15.9 Å². The summed E-state index contributed by atoms with van der Waals surface area (Å²) >= 11 is 3.56. The SMILES string of the molecule is Brc1ccc2c(ccc3cc(-c4cccc5ccccc45)ccc32)c1. The molecular formula is C24H15Br. The Labute approximate surface area is 154 Å². The van der Waals surface area contributed by atoms with Crippen molar-refractivity contribution in [1.82, 2.24) is 0 Å². The highest BCUT2D eigenvalue weighted by atomic mass is 79.9. The lowest BCUT2D eigenvalue weighted by molar-refractivity contribution is 1.68. The van der Waals surface area contributed by atoms with Gasteiger partial charge in [-0.15, -0.1) is 0 Å². The van der Waals surface area contributed by atoms with E-state index in [4.69, 9.17) is 0 Å². The van der Waals surface area contributed by atoms with Crippen molar-refractivity contribution in [3.63, 3.8) is 0 Å². The van der Waals surface area contributed by atoms with Crippen molar-refractivity contribution in [3.8, 4) is 11.1 Å². The molecule has 118 valence electrons. The van der Waals surface area contributed by atoms with Crippen LogP contribution in [0.1, 0.15) is 0 Å². The first-order valence-corrected chi connectivity index (χ1v) is 9.19. The summed E-state index contributed by atoms with van der Waals surface area (Å²) in [5.41, 5.74) is 2.55. The van der Waals surface area contributed by atoms with E-state index in [0.29, 0.717) is 0 Å². The van der Waals surface area contributed by atoms with Gasteiger partial charge in [-0.2, -0.15) is 0 Å². The third kappa shape index (κ3) is 2.43. The van der Waals surface area contributed by atoms with E-state index in [-0.39, 0.29) is 0 Å². The molecule has 0 aliphatic heterocycles. The third-order valence-corrected chi connectivity index (χ3v) is 5.39. The van der Waals surface area contributed by atoms with E-state index in [1.54, 1.807) is 0 Å². The molecule has 0 aliphatic rings. The quantitative estimate of drug-likeness (QED) is 0.262. The smallest absolute Gasteiger partial charge is 0.0181 e. The first-order valence-electron chi connectivity index (χ1n) is 8.40. The Balaban J connectivity index is 1.78. The third-order valence-electron chi connectivity index (χ3n) is 4.90. The normalized spacial score (nSPS) is 11.4. The van der Waals surface area contributed by atoms with Crippen molar-refractivity contribution >= 4 is 48.2 Å². The Morgan fingerprint density at radius 3 is 2.08 bits per heavy atom. The van der Waals surface area contributed by atoms with Crippen molar-refractivity contribution in [2.24, 2.45) is 0 Å². The molecule has 0 N–H and O–H groups in total. The van der Waals surface area contributed by atoms with Gasteiger partial charge in [0, 0.05) is 4.47 Å². The van der Waals surface area contributed by atoms with Crippen LogP contribution < -0.4 is 0 Å². The number of hydrogen-bond acceptors (Lipinski definition) is 0. The van der Waals surface area contributed by atoms with E-state index in [1.807, 2.05) is 0 Å². The van der Waals surface area contributed by atoms with Gasteiger partial charge in [0.25, 0.3) is 0 Å². The van der Waals surface area contributed by atoms with Crippen LogP contribution in [0.2, 0.25) is 0 Å². The zero-order valence-corrected chi connectivity index (χ0v) is 15.1. The van der Waals surface area contributed by atoms with Gasteiger partial charge in [0.05, 0.1) is 0 Å². The van der Waals surface area contributed by atoms with Crippen molar-refractivity contribution in [2.45, 2.75) is 0 Å². The van der Waals surface area contributed by atoms with Gasteiger partial charge < -0.3 is 0 Å². The molecule has 0 saturated heterocycles. The molecule has 0 radical (unpaired) electrons. The summed E-state index contributed by atoms with van der Waals surface area (Å²) in [6.07, 6.45) is 0. The van der Waals surface area contributed by atoms with E-state index in [9.17, 15) is 0 Å². The minimum Gasteiger partial charge on any atom is -0.0616 e. The highest BCUT2D eigenvalue weighted by Crippen LogP contribution is 2.33. The molecule has 0 unspecified atom stereocenters. The maximum atomic E-state index is 3.56. The second kappa shape index (κ2) is 5.72. The highest BCUT2D eigenvalue weighted by Gasteiger charge is 2.06. The number of hydrogen-bond donors (Lipinski definition) is 0. The van der Waals surface area contributed by atoms with Gasteiger partial charge in [-0.05, 0) is 61.6 Å². The molecule has 0 nitrogen and oxygen atoms in total. The summed E-state index contributed by atoms with van der Waals surface area (Å²) < 4.78 is 1.12. The van der Waals surface area contributed by atoms with E-state index in [1.165, 1.54) is 43.4 Å². The average Bonchev–Trinajstić information content (AvgIpc) is 2.66. The van der Waals surface area contributed by atoms with Crippen LogP contribution in [-0.2, 0) is 0 Å². The molecule has 0 spiro atoms. The van der Waals surface area contributed by atoms with Crippen LogP contribution in [0.3, 0.4) is 0 Å². The van der Waals surface area contributed by atoms with Crippen molar-refractivity contribution in [1.29, 1.82) is 0 Å². The molecule has 5 aromatic rings. The summed E-state index contributed by atoms with van der Waals surface area (Å²) in [5.74, 6) is 0. The predicted octanol–water partition coefficient (Wildman–Crippen LogP) is 7.58. The summed E-state index contributed by atoms with van der Waals surface area (Å²) in [6, 6.07) is 32.8. The van der Waals surface area contributed by atoms with E-state index >= 15 is 0 Å². The Kier molecular flexibility index (Phi) is 3.36. The van der Waals surface area contributed by atoms with Crippen LogP contribution in [0.4, 0.5) is 0 Å². The summed E-state index contributed by atoms with van der Waals surface area (Å²) in [7, 11) is 0. The standard InChI is InChI=1S/C24H15Br/c25-20-11-13-24-19(15-20)9-8-17-14-18(10-12-23(17)24)22-7-3-5-16-4-1-2-6-21(16)22/h1-15H. The molecule has 25 heavy (non-hydrogen) atoms. The molecule has 0 aromatic heterocycles. The Morgan fingerprint density at radius 2 is 1.20 bits per heavy atom. The number of rotatable bonds is 1. The van der Waals surface area contributed by atoms with E-state index in [0.717, 1.165) is 4.47 Å². The molecule has 0 amide bonds. The largest absolute Gasteiger partial charge is 0.0616 e. The second-order valence-corrected chi connectivity index (χ2v) is 7.31. The van der Waals surface area contributed by atoms with Crippen molar-refractivity contribution in [3.05, 3.63) is 95.5 Å². The topological polar surface area (TPSA) is 0 Å². The average molecular weight is 383 g/mol. The van der Waals surface area contributed by atoms with Gasteiger partial charge in [-0.1, -0.05) is 88.7 Å². The molecule has 0 saturated carbocycles. The Bertz CT molecular complexity index is 1250. The van der Waals surface area contributed by atoms with Gasteiger partial charge in [-0.25, -0.2) is 0 Å².